The summed E-state index contributed by atoms with van der Waals surface area (Å²) in [6.45, 7) is 1.98. The summed E-state index contributed by atoms with van der Waals surface area (Å²) in [4.78, 5) is 0. The van der Waals surface area contributed by atoms with Gasteiger partial charge in [-0.1, -0.05) is 25.7 Å². The van der Waals surface area contributed by atoms with E-state index in [1.807, 2.05) is 0 Å². The highest BCUT2D eigenvalue weighted by molar-refractivity contribution is 7.99. The first-order valence-corrected chi connectivity index (χ1v) is 9.01. The van der Waals surface area contributed by atoms with Gasteiger partial charge in [0.2, 0.25) is 0 Å². The number of hydrogen-bond donors (Lipinski definition) is 1. The SMILES string of the molecule is C1CCCC(C2NCCOC23CCCSC3)CC1. The zero-order chi connectivity index (χ0) is 12.3. The van der Waals surface area contributed by atoms with Crippen molar-refractivity contribution in [2.24, 2.45) is 5.92 Å². The van der Waals surface area contributed by atoms with Crippen molar-refractivity contribution in [1.82, 2.24) is 5.32 Å². The molecule has 1 N–H and O–H groups in total. The van der Waals surface area contributed by atoms with Crippen LogP contribution in [0.15, 0.2) is 0 Å². The molecular formula is C15H27NOS. The maximum atomic E-state index is 6.33. The van der Waals surface area contributed by atoms with Crippen molar-refractivity contribution >= 4 is 11.8 Å². The zero-order valence-electron chi connectivity index (χ0n) is 11.5. The quantitative estimate of drug-likeness (QED) is 0.739. The van der Waals surface area contributed by atoms with Crippen LogP contribution in [0, 0.1) is 5.92 Å². The molecule has 3 aliphatic rings. The predicted molar refractivity (Wildman–Crippen MR) is 78.2 cm³/mol. The summed E-state index contributed by atoms with van der Waals surface area (Å²) in [5.41, 5.74) is 0.177. The van der Waals surface area contributed by atoms with E-state index in [1.54, 1.807) is 0 Å². The first kappa shape index (κ1) is 13.3. The maximum Gasteiger partial charge on any atom is 0.0928 e. The summed E-state index contributed by atoms with van der Waals surface area (Å²) >= 11 is 2.11. The van der Waals surface area contributed by atoms with E-state index in [-0.39, 0.29) is 5.60 Å². The molecule has 2 atom stereocenters. The lowest BCUT2D eigenvalue weighted by atomic mass is 9.78. The summed E-state index contributed by atoms with van der Waals surface area (Å²) in [5, 5.41) is 3.84. The number of nitrogens with one attached hydrogen (secondary N) is 1. The Morgan fingerprint density at radius 2 is 1.89 bits per heavy atom. The van der Waals surface area contributed by atoms with Crippen LogP contribution >= 0.6 is 11.8 Å². The third-order valence-electron chi connectivity index (χ3n) is 5.03. The van der Waals surface area contributed by atoms with Crippen molar-refractivity contribution in [3.63, 3.8) is 0 Å². The van der Waals surface area contributed by atoms with Crippen molar-refractivity contribution in [2.75, 3.05) is 24.7 Å². The number of ether oxygens (including phenoxy) is 1. The highest BCUT2D eigenvalue weighted by atomic mass is 32.2. The van der Waals surface area contributed by atoms with Crippen molar-refractivity contribution in [3.05, 3.63) is 0 Å². The van der Waals surface area contributed by atoms with Gasteiger partial charge in [0.1, 0.15) is 0 Å². The van der Waals surface area contributed by atoms with Crippen molar-refractivity contribution < 1.29 is 4.74 Å². The molecule has 0 amide bonds. The number of morpholine rings is 1. The van der Waals surface area contributed by atoms with Gasteiger partial charge in [-0.3, -0.25) is 0 Å². The molecule has 0 aromatic heterocycles. The molecule has 1 saturated carbocycles. The lowest BCUT2D eigenvalue weighted by molar-refractivity contribution is -0.103. The highest BCUT2D eigenvalue weighted by Gasteiger charge is 2.46. The molecule has 3 rings (SSSR count). The van der Waals surface area contributed by atoms with Crippen molar-refractivity contribution in [1.29, 1.82) is 0 Å². The molecule has 2 heterocycles. The molecule has 18 heavy (non-hydrogen) atoms. The second-order valence-corrected chi connectivity index (χ2v) is 7.36. The molecule has 0 radical (unpaired) electrons. The molecule has 2 aliphatic heterocycles. The average molecular weight is 269 g/mol. The molecule has 0 bridgehead atoms. The smallest absolute Gasteiger partial charge is 0.0928 e. The third kappa shape index (κ3) is 2.73. The molecule has 104 valence electrons. The monoisotopic (exact) mass is 269 g/mol. The minimum absolute atomic E-state index is 0.177. The average Bonchev–Trinajstić information content (AvgIpc) is 2.69. The number of thioether (sulfide) groups is 1. The summed E-state index contributed by atoms with van der Waals surface area (Å²) in [6.07, 6.45) is 11.3. The second-order valence-electron chi connectivity index (χ2n) is 6.25. The Balaban J connectivity index is 1.73. The molecule has 0 aromatic carbocycles. The van der Waals surface area contributed by atoms with Crippen LogP contribution in [0.2, 0.25) is 0 Å². The first-order chi connectivity index (χ1) is 8.91. The third-order valence-corrected chi connectivity index (χ3v) is 6.30. The predicted octanol–water partition coefficient (Wildman–Crippen LogP) is 3.21. The van der Waals surface area contributed by atoms with E-state index in [0.717, 1.165) is 19.1 Å². The maximum absolute atomic E-state index is 6.33. The van der Waals surface area contributed by atoms with Gasteiger partial charge in [0.15, 0.2) is 0 Å². The van der Waals surface area contributed by atoms with Gasteiger partial charge < -0.3 is 10.1 Å². The van der Waals surface area contributed by atoms with Crippen LogP contribution in [0.5, 0.6) is 0 Å². The van der Waals surface area contributed by atoms with Gasteiger partial charge in [0.25, 0.3) is 0 Å². The molecule has 3 heteroatoms. The van der Waals surface area contributed by atoms with E-state index in [0.29, 0.717) is 6.04 Å². The molecule has 0 aromatic rings. The van der Waals surface area contributed by atoms with E-state index < -0.39 is 0 Å². The summed E-state index contributed by atoms with van der Waals surface area (Å²) in [5.74, 6) is 3.43. The van der Waals surface area contributed by atoms with E-state index >= 15 is 0 Å². The Kier molecular flexibility index (Phi) is 4.53. The van der Waals surface area contributed by atoms with Crippen molar-refractivity contribution in [3.8, 4) is 0 Å². The molecule has 2 saturated heterocycles. The van der Waals surface area contributed by atoms with Gasteiger partial charge in [0, 0.05) is 18.3 Å². The fraction of sp³-hybridized carbons (Fsp3) is 1.00. The topological polar surface area (TPSA) is 21.3 Å². The zero-order valence-corrected chi connectivity index (χ0v) is 12.3. The Morgan fingerprint density at radius 3 is 2.61 bits per heavy atom. The van der Waals surface area contributed by atoms with Crippen LogP contribution in [-0.2, 0) is 4.74 Å². The molecule has 3 fully saturated rings. The van der Waals surface area contributed by atoms with Crippen LogP contribution in [-0.4, -0.2) is 36.3 Å². The van der Waals surface area contributed by atoms with Gasteiger partial charge >= 0.3 is 0 Å². The highest BCUT2D eigenvalue weighted by Crippen LogP contribution is 2.40. The van der Waals surface area contributed by atoms with Gasteiger partial charge in [-0.25, -0.2) is 0 Å². The molecule has 1 spiro atoms. The minimum Gasteiger partial charge on any atom is -0.371 e. The van der Waals surface area contributed by atoms with Gasteiger partial charge in [-0.15, -0.1) is 0 Å². The number of rotatable bonds is 1. The standard InChI is InChI=1S/C15H27NOS/c1-2-4-7-13(6-3-1)14-15(17-10-9-16-14)8-5-11-18-12-15/h13-14,16H,1-12H2. The van der Waals surface area contributed by atoms with Crippen LogP contribution in [0.1, 0.15) is 51.4 Å². The van der Waals surface area contributed by atoms with E-state index in [9.17, 15) is 0 Å². The Labute approximate surface area is 116 Å². The summed E-state index contributed by atoms with van der Waals surface area (Å²) < 4.78 is 6.33. The Bertz CT molecular complexity index is 249. The number of hydrogen-bond acceptors (Lipinski definition) is 3. The van der Waals surface area contributed by atoms with Gasteiger partial charge in [-0.2, -0.15) is 11.8 Å². The minimum atomic E-state index is 0.177. The van der Waals surface area contributed by atoms with Gasteiger partial charge in [0.05, 0.1) is 12.2 Å². The fourth-order valence-electron chi connectivity index (χ4n) is 4.13. The summed E-state index contributed by atoms with van der Waals surface area (Å²) in [6, 6.07) is 0.636. The van der Waals surface area contributed by atoms with Crippen LogP contribution < -0.4 is 5.32 Å². The van der Waals surface area contributed by atoms with E-state index in [4.69, 9.17) is 4.74 Å². The molecule has 2 unspecified atom stereocenters. The van der Waals surface area contributed by atoms with Crippen LogP contribution in [0.3, 0.4) is 0 Å². The van der Waals surface area contributed by atoms with Gasteiger partial charge in [-0.05, 0) is 37.4 Å². The molecular weight excluding hydrogens is 242 g/mol. The first-order valence-electron chi connectivity index (χ1n) is 7.86. The summed E-state index contributed by atoms with van der Waals surface area (Å²) in [7, 11) is 0. The second kappa shape index (κ2) is 6.15. The largest absolute Gasteiger partial charge is 0.371 e. The lowest BCUT2D eigenvalue weighted by Gasteiger charge is -2.49. The fourth-order valence-corrected chi connectivity index (χ4v) is 5.38. The Morgan fingerprint density at radius 1 is 1.06 bits per heavy atom. The van der Waals surface area contributed by atoms with Crippen LogP contribution in [0.25, 0.3) is 0 Å². The van der Waals surface area contributed by atoms with Crippen LogP contribution in [0.4, 0.5) is 0 Å². The lowest BCUT2D eigenvalue weighted by Crippen LogP contribution is -2.63. The van der Waals surface area contributed by atoms with E-state index in [2.05, 4.69) is 17.1 Å². The van der Waals surface area contributed by atoms with Crippen molar-refractivity contribution in [2.45, 2.75) is 63.0 Å². The Hall–Kier alpha value is 0.270. The molecule has 2 nitrogen and oxygen atoms in total. The van der Waals surface area contributed by atoms with E-state index in [1.165, 1.54) is 62.9 Å². The normalized spacial score (nSPS) is 39.7. The molecule has 1 aliphatic carbocycles.